The molecule has 1 aromatic carbocycles. The molecular weight excluding hydrogens is 321 g/mol. The summed E-state index contributed by atoms with van der Waals surface area (Å²) in [6.07, 6.45) is 2.35. The van der Waals surface area contributed by atoms with Crippen molar-refractivity contribution >= 4 is 5.91 Å². The van der Waals surface area contributed by atoms with E-state index in [0.29, 0.717) is 24.7 Å². The second-order valence-electron chi connectivity index (χ2n) is 7.68. The Hall–Kier alpha value is -2.24. The number of halogens is 1. The summed E-state index contributed by atoms with van der Waals surface area (Å²) in [6.45, 7) is 7.21. The average Bonchev–Trinajstić information content (AvgIpc) is 3.04. The zero-order valence-electron chi connectivity index (χ0n) is 15.0. The molecule has 1 fully saturated rings. The van der Waals surface area contributed by atoms with Gasteiger partial charge in [-0.15, -0.1) is 10.2 Å². The molecule has 5 nitrogen and oxygen atoms in total. The molecule has 1 aliphatic heterocycles. The van der Waals surface area contributed by atoms with E-state index in [1.807, 2.05) is 25.7 Å². The van der Waals surface area contributed by atoms with Gasteiger partial charge in [0, 0.05) is 18.5 Å². The van der Waals surface area contributed by atoms with Gasteiger partial charge in [-0.3, -0.25) is 4.79 Å². The van der Waals surface area contributed by atoms with Crippen LogP contribution in [0.4, 0.5) is 4.39 Å². The Morgan fingerprint density at radius 2 is 2.00 bits per heavy atom. The number of likely N-dealkylation sites (tertiary alicyclic amines) is 1. The number of benzene rings is 1. The molecule has 1 amide bonds. The van der Waals surface area contributed by atoms with Crippen LogP contribution in [0.25, 0.3) is 0 Å². The Morgan fingerprint density at radius 1 is 1.28 bits per heavy atom. The largest absolute Gasteiger partial charge is 0.425 e. The smallest absolute Gasteiger partial charge is 0.227 e. The number of piperidine rings is 1. The minimum Gasteiger partial charge on any atom is -0.425 e. The normalized spacial score (nSPS) is 18.4. The Kier molecular flexibility index (Phi) is 4.88. The SMILES string of the molecule is CC(C)(C)C(=O)N1CCCC(c2nnc(Cc3ccc(F)cc3)o2)C1. The van der Waals surface area contributed by atoms with Crippen LogP contribution in [-0.2, 0) is 11.2 Å². The second-order valence-corrected chi connectivity index (χ2v) is 7.68. The summed E-state index contributed by atoms with van der Waals surface area (Å²) in [7, 11) is 0. The van der Waals surface area contributed by atoms with Crippen molar-refractivity contribution in [2.75, 3.05) is 13.1 Å². The van der Waals surface area contributed by atoms with Crippen molar-refractivity contribution in [2.24, 2.45) is 5.41 Å². The first-order chi connectivity index (χ1) is 11.8. The van der Waals surface area contributed by atoms with Gasteiger partial charge in [0.15, 0.2) is 0 Å². The second kappa shape index (κ2) is 6.94. The molecule has 1 unspecified atom stereocenters. The first kappa shape index (κ1) is 17.6. The summed E-state index contributed by atoms with van der Waals surface area (Å²) < 4.78 is 18.8. The molecule has 0 N–H and O–H groups in total. The number of carbonyl (C=O) groups is 1. The van der Waals surface area contributed by atoms with Crippen molar-refractivity contribution in [3.05, 3.63) is 47.4 Å². The number of rotatable bonds is 3. The van der Waals surface area contributed by atoms with Crippen LogP contribution in [0, 0.1) is 11.2 Å². The standard InChI is InChI=1S/C19H24FN3O2/c1-19(2,3)18(24)23-10-4-5-14(12-23)17-22-21-16(25-17)11-13-6-8-15(20)9-7-13/h6-9,14H,4-5,10-12H2,1-3H3. The molecule has 6 heteroatoms. The fourth-order valence-corrected chi connectivity index (χ4v) is 3.12. The highest BCUT2D eigenvalue weighted by atomic mass is 19.1. The van der Waals surface area contributed by atoms with Gasteiger partial charge in [0.25, 0.3) is 0 Å². The van der Waals surface area contributed by atoms with E-state index in [-0.39, 0.29) is 23.1 Å². The molecule has 0 saturated carbocycles. The summed E-state index contributed by atoms with van der Waals surface area (Å²) in [5, 5.41) is 8.29. The van der Waals surface area contributed by atoms with E-state index in [2.05, 4.69) is 10.2 Å². The number of hydrogen-bond donors (Lipinski definition) is 0. The van der Waals surface area contributed by atoms with Crippen molar-refractivity contribution in [1.82, 2.24) is 15.1 Å². The van der Waals surface area contributed by atoms with Crippen LogP contribution in [-0.4, -0.2) is 34.1 Å². The van der Waals surface area contributed by atoms with E-state index in [1.165, 1.54) is 12.1 Å². The summed E-state index contributed by atoms with van der Waals surface area (Å²) in [4.78, 5) is 14.4. The third-order valence-corrected chi connectivity index (χ3v) is 4.45. The predicted octanol–water partition coefficient (Wildman–Crippen LogP) is 3.55. The quantitative estimate of drug-likeness (QED) is 0.853. The van der Waals surface area contributed by atoms with Crippen molar-refractivity contribution in [3.8, 4) is 0 Å². The predicted molar refractivity (Wildman–Crippen MR) is 91.5 cm³/mol. The summed E-state index contributed by atoms with van der Waals surface area (Å²) in [6, 6.07) is 6.26. The van der Waals surface area contributed by atoms with Crippen molar-refractivity contribution < 1.29 is 13.6 Å². The van der Waals surface area contributed by atoms with Crippen LogP contribution in [0.1, 0.15) is 56.9 Å². The lowest BCUT2D eigenvalue weighted by atomic mass is 9.91. The Morgan fingerprint density at radius 3 is 2.68 bits per heavy atom. The highest BCUT2D eigenvalue weighted by molar-refractivity contribution is 5.81. The third kappa shape index (κ3) is 4.24. The number of hydrogen-bond acceptors (Lipinski definition) is 4. The lowest BCUT2D eigenvalue weighted by Gasteiger charge is -2.35. The Balaban J connectivity index is 1.67. The van der Waals surface area contributed by atoms with Gasteiger partial charge in [0.2, 0.25) is 17.7 Å². The molecular formula is C19H24FN3O2. The third-order valence-electron chi connectivity index (χ3n) is 4.45. The van der Waals surface area contributed by atoms with E-state index in [4.69, 9.17) is 4.42 Å². The molecule has 1 atom stereocenters. The van der Waals surface area contributed by atoms with E-state index in [1.54, 1.807) is 12.1 Å². The molecule has 25 heavy (non-hydrogen) atoms. The summed E-state index contributed by atoms with van der Waals surface area (Å²) in [5.41, 5.74) is 0.537. The minimum atomic E-state index is -0.384. The fourth-order valence-electron chi connectivity index (χ4n) is 3.12. The van der Waals surface area contributed by atoms with Gasteiger partial charge in [-0.05, 0) is 30.5 Å². The van der Waals surface area contributed by atoms with Crippen LogP contribution in [0.15, 0.2) is 28.7 Å². The molecule has 0 spiro atoms. The maximum atomic E-state index is 13.0. The molecule has 2 heterocycles. The van der Waals surface area contributed by atoms with Crippen LogP contribution in [0.5, 0.6) is 0 Å². The van der Waals surface area contributed by atoms with Gasteiger partial charge in [0.05, 0.1) is 12.3 Å². The maximum Gasteiger partial charge on any atom is 0.227 e. The molecule has 1 saturated heterocycles. The van der Waals surface area contributed by atoms with Crippen LogP contribution in [0.3, 0.4) is 0 Å². The average molecular weight is 345 g/mol. The monoisotopic (exact) mass is 345 g/mol. The van der Waals surface area contributed by atoms with E-state index in [0.717, 1.165) is 24.9 Å². The minimum absolute atomic E-state index is 0.0783. The van der Waals surface area contributed by atoms with Crippen LogP contribution < -0.4 is 0 Å². The lowest BCUT2D eigenvalue weighted by Crippen LogP contribution is -2.44. The summed E-state index contributed by atoms with van der Waals surface area (Å²) >= 11 is 0. The van der Waals surface area contributed by atoms with E-state index in [9.17, 15) is 9.18 Å². The topological polar surface area (TPSA) is 59.2 Å². The van der Waals surface area contributed by atoms with Gasteiger partial charge in [0.1, 0.15) is 5.82 Å². The fraction of sp³-hybridized carbons (Fsp3) is 0.526. The lowest BCUT2D eigenvalue weighted by molar-refractivity contribution is -0.140. The molecule has 3 rings (SSSR count). The molecule has 2 aromatic rings. The van der Waals surface area contributed by atoms with E-state index >= 15 is 0 Å². The molecule has 0 bridgehead atoms. The molecule has 0 radical (unpaired) electrons. The zero-order valence-corrected chi connectivity index (χ0v) is 15.0. The van der Waals surface area contributed by atoms with Gasteiger partial charge in [-0.2, -0.15) is 0 Å². The molecule has 1 aliphatic rings. The highest BCUT2D eigenvalue weighted by Gasteiger charge is 2.33. The first-order valence-corrected chi connectivity index (χ1v) is 8.69. The van der Waals surface area contributed by atoms with Gasteiger partial charge >= 0.3 is 0 Å². The molecule has 1 aromatic heterocycles. The number of carbonyl (C=O) groups excluding carboxylic acids is 1. The van der Waals surface area contributed by atoms with Gasteiger partial charge < -0.3 is 9.32 Å². The van der Waals surface area contributed by atoms with Gasteiger partial charge in [-0.1, -0.05) is 32.9 Å². The van der Waals surface area contributed by atoms with Crippen molar-refractivity contribution in [2.45, 2.75) is 46.0 Å². The molecule has 134 valence electrons. The van der Waals surface area contributed by atoms with Crippen molar-refractivity contribution in [1.29, 1.82) is 0 Å². The van der Waals surface area contributed by atoms with E-state index < -0.39 is 0 Å². The first-order valence-electron chi connectivity index (χ1n) is 8.69. The van der Waals surface area contributed by atoms with Crippen LogP contribution in [0.2, 0.25) is 0 Å². The van der Waals surface area contributed by atoms with Crippen LogP contribution >= 0.6 is 0 Å². The summed E-state index contributed by atoms with van der Waals surface area (Å²) in [5.74, 6) is 1.07. The molecule has 0 aliphatic carbocycles. The highest BCUT2D eigenvalue weighted by Crippen LogP contribution is 2.29. The van der Waals surface area contributed by atoms with Gasteiger partial charge in [-0.25, -0.2) is 4.39 Å². The van der Waals surface area contributed by atoms with Crippen molar-refractivity contribution in [3.63, 3.8) is 0 Å². The number of aromatic nitrogens is 2. The zero-order chi connectivity index (χ0) is 18.0. The Bertz CT molecular complexity index is 734. The number of amides is 1. The Labute approximate surface area is 147 Å². The maximum absolute atomic E-state index is 13.0. The number of nitrogens with zero attached hydrogens (tertiary/aromatic N) is 3.